The van der Waals surface area contributed by atoms with E-state index in [0.29, 0.717) is 12.1 Å². The van der Waals surface area contributed by atoms with Crippen LogP contribution in [0.3, 0.4) is 0 Å². The van der Waals surface area contributed by atoms with Crippen LogP contribution >= 0.6 is 0 Å². The molecule has 0 saturated heterocycles. The highest BCUT2D eigenvalue weighted by molar-refractivity contribution is 6.06. The number of amides is 2. The van der Waals surface area contributed by atoms with Gasteiger partial charge in [-0.3, -0.25) is 9.59 Å². The highest BCUT2D eigenvalue weighted by Gasteiger charge is 2.34. The Labute approximate surface area is 164 Å². The van der Waals surface area contributed by atoms with Gasteiger partial charge in [-0.2, -0.15) is 0 Å². The molecule has 3 aromatic rings. The van der Waals surface area contributed by atoms with Crippen molar-refractivity contribution in [1.29, 1.82) is 0 Å². The van der Waals surface area contributed by atoms with E-state index in [1.54, 1.807) is 0 Å². The summed E-state index contributed by atoms with van der Waals surface area (Å²) >= 11 is 0. The molecule has 4 nitrogen and oxygen atoms in total. The van der Waals surface area contributed by atoms with Gasteiger partial charge in [-0.05, 0) is 65.4 Å². The molecule has 1 saturated carbocycles. The molecule has 140 valence electrons. The first-order chi connectivity index (χ1) is 13.7. The van der Waals surface area contributed by atoms with Crippen molar-refractivity contribution in [1.82, 2.24) is 4.90 Å². The Balaban J connectivity index is 1.34. The fourth-order valence-electron chi connectivity index (χ4n) is 3.95. The number of fused-ring (bicyclic) bond motifs is 2. The second-order valence-corrected chi connectivity index (χ2v) is 7.78. The monoisotopic (exact) mass is 370 g/mol. The molecule has 1 fully saturated rings. The zero-order valence-electron chi connectivity index (χ0n) is 15.7. The summed E-state index contributed by atoms with van der Waals surface area (Å²) < 4.78 is 0. The van der Waals surface area contributed by atoms with E-state index in [1.807, 2.05) is 59.5 Å². The predicted octanol–water partition coefficient (Wildman–Crippen LogP) is 4.39. The minimum atomic E-state index is -0.118. The highest BCUT2D eigenvalue weighted by atomic mass is 16.2. The van der Waals surface area contributed by atoms with E-state index >= 15 is 0 Å². The summed E-state index contributed by atoms with van der Waals surface area (Å²) in [5, 5.41) is 5.18. The first-order valence-electron chi connectivity index (χ1n) is 9.88. The summed E-state index contributed by atoms with van der Waals surface area (Å²) in [5.41, 5.74) is 3.82. The summed E-state index contributed by atoms with van der Waals surface area (Å²) in [6.07, 6.45) is 2.95. The van der Waals surface area contributed by atoms with Crippen molar-refractivity contribution in [3.63, 3.8) is 0 Å². The zero-order chi connectivity index (χ0) is 19.1. The number of hydrogen-bond acceptors (Lipinski definition) is 2. The summed E-state index contributed by atoms with van der Waals surface area (Å²) in [7, 11) is 0. The van der Waals surface area contributed by atoms with Gasteiger partial charge in [-0.15, -0.1) is 0 Å². The Kier molecular flexibility index (Phi) is 4.12. The number of carbonyl (C=O) groups excluding carboxylic acids is 2. The largest absolute Gasteiger partial charge is 0.338 e. The Bertz CT molecular complexity index is 1080. The molecule has 1 aliphatic carbocycles. The van der Waals surface area contributed by atoms with Crippen LogP contribution < -0.4 is 5.32 Å². The molecular weight excluding hydrogens is 348 g/mol. The Morgan fingerprint density at radius 1 is 0.893 bits per heavy atom. The van der Waals surface area contributed by atoms with Crippen LogP contribution in [0, 0.1) is 5.92 Å². The minimum Gasteiger partial charge on any atom is -0.338 e. The summed E-state index contributed by atoms with van der Waals surface area (Å²) in [5.74, 6) is 0.418. The molecule has 1 N–H and O–H groups in total. The van der Waals surface area contributed by atoms with E-state index in [2.05, 4.69) is 11.4 Å². The first kappa shape index (κ1) is 17.0. The van der Waals surface area contributed by atoms with Gasteiger partial charge in [0, 0.05) is 30.3 Å². The molecule has 1 aliphatic heterocycles. The fraction of sp³-hybridized carbons (Fsp3) is 0.250. The number of benzene rings is 3. The maximum atomic E-state index is 12.7. The van der Waals surface area contributed by atoms with Crippen molar-refractivity contribution in [2.75, 3.05) is 11.9 Å². The van der Waals surface area contributed by atoms with Crippen LogP contribution in [0.15, 0.2) is 60.7 Å². The Morgan fingerprint density at radius 3 is 2.54 bits per heavy atom. The molecule has 1 heterocycles. The minimum absolute atomic E-state index is 0.118. The molecule has 0 unspecified atom stereocenters. The van der Waals surface area contributed by atoms with Gasteiger partial charge in [-0.25, -0.2) is 0 Å². The number of hydrogen-bond donors (Lipinski definition) is 1. The van der Waals surface area contributed by atoms with Crippen LogP contribution in [0.4, 0.5) is 5.69 Å². The lowest BCUT2D eigenvalue weighted by atomic mass is 9.98. The van der Waals surface area contributed by atoms with E-state index in [4.69, 9.17) is 0 Å². The van der Waals surface area contributed by atoms with Crippen molar-refractivity contribution in [3.8, 4) is 0 Å². The Morgan fingerprint density at radius 2 is 1.71 bits per heavy atom. The van der Waals surface area contributed by atoms with Gasteiger partial charge >= 0.3 is 0 Å². The van der Waals surface area contributed by atoms with E-state index in [9.17, 15) is 9.59 Å². The maximum absolute atomic E-state index is 12.7. The van der Waals surface area contributed by atoms with E-state index in [1.165, 1.54) is 5.56 Å². The molecule has 0 aromatic heterocycles. The number of rotatable bonds is 3. The lowest BCUT2D eigenvalue weighted by molar-refractivity contribution is -0.133. The van der Waals surface area contributed by atoms with Gasteiger partial charge in [0.1, 0.15) is 0 Å². The molecule has 2 aliphatic rings. The van der Waals surface area contributed by atoms with Gasteiger partial charge in [0.15, 0.2) is 0 Å². The quantitative estimate of drug-likeness (QED) is 0.743. The number of nitrogens with zero attached hydrogens (tertiary/aromatic N) is 1. The molecular formula is C24H22N2O2. The van der Waals surface area contributed by atoms with Crippen LogP contribution in [-0.4, -0.2) is 23.3 Å². The van der Waals surface area contributed by atoms with Crippen LogP contribution in [0.25, 0.3) is 10.8 Å². The topological polar surface area (TPSA) is 49.4 Å². The molecule has 5 rings (SSSR count). The number of anilines is 1. The third kappa shape index (κ3) is 3.26. The fourth-order valence-corrected chi connectivity index (χ4v) is 3.95. The molecule has 0 bridgehead atoms. The van der Waals surface area contributed by atoms with Crippen LogP contribution in [0.1, 0.15) is 34.3 Å². The van der Waals surface area contributed by atoms with Crippen molar-refractivity contribution < 1.29 is 9.59 Å². The second-order valence-electron chi connectivity index (χ2n) is 7.78. The van der Waals surface area contributed by atoms with Crippen molar-refractivity contribution >= 4 is 28.3 Å². The molecule has 4 heteroatoms. The third-order valence-corrected chi connectivity index (χ3v) is 5.73. The molecule has 28 heavy (non-hydrogen) atoms. The number of nitrogens with one attached hydrogen (secondary N) is 1. The molecule has 0 spiro atoms. The van der Waals surface area contributed by atoms with Crippen LogP contribution in [-0.2, 0) is 17.8 Å². The van der Waals surface area contributed by atoms with Crippen molar-refractivity contribution in [2.24, 2.45) is 5.92 Å². The standard InChI is InChI=1S/C24H22N2O2/c27-23(20-8-5-16-3-1-2-4-19(16)13-20)25-22-10-9-17-11-12-26(15-21(17)14-22)24(28)18-6-7-18/h1-5,8-10,13-14,18H,6-7,11-12,15H2,(H,25,27). The summed E-state index contributed by atoms with van der Waals surface area (Å²) in [6.45, 7) is 1.44. The molecule has 3 aromatic carbocycles. The summed E-state index contributed by atoms with van der Waals surface area (Å²) in [4.78, 5) is 27.1. The highest BCUT2D eigenvalue weighted by Crippen LogP contribution is 2.33. The SMILES string of the molecule is O=C(Nc1ccc2c(c1)CN(C(=O)C1CC1)CC2)c1ccc2ccccc2c1. The zero-order valence-corrected chi connectivity index (χ0v) is 15.7. The average Bonchev–Trinajstić information content (AvgIpc) is 3.57. The lowest BCUT2D eigenvalue weighted by Crippen LogP contribution is -2.36. The maximum Gasteiger partial charge on any atom is 0.255 e. The van der Waals surface area contributed by atoms with Gasteiger partial charge < -0.3 is 10.2 Å². The smallest absolute Gasteiger partial charge is 0.255 e. The third-order valence-electron chi connectivity index (χ3n) is 5.73. The predicted molar refractivity (Wildman–Crippen MR) is 110 cm³/mol. The molecule has 0 radical (unpaired) electrons. The average molecular weight is 370 g/mol. The van der Waals surface area contributed by atoms with Gasteiger partial charge in [0.25, 0.3) is 5.91 Å². The van der Waals surface area contributed by atoms with E-state index < -0.39 is 0 Å². The summed E-state index contributed by atoms with van der Waals surface area (Å²) in [6, 6.07) is 19.8. The van der Waals surface area contributed by atoms with E-state index in [-0.39, 0.29) is 17.7 Å². The van der Waals surface area contributed by atoms with Crippen molar-refractivity contribution in [2.45, 2.75) is 25.8 Å². The number of carbonyl (C=O) groups is 2. The molecule has 0 atom stereocenters. The lowest BCUT2D eigenvalue weighted by Gasteiger charge is -2.29. The molecule has 2 amide bonds. The normalized spacial score (nSPS) is 15.9. The van der Waals surface area contributed by atoms with Crippen LogP contribution in [0.2, 0.25) is 0 Å². The van der Waals surface area contributed by atoms with E-state index in [0.717, 1.165) is 47.8 Å². The van der Waals surface area contributed by atoms with Crippen molar-refractivity contribution in [3.05, 3.63) is 77.4 Å². The van der Waals surface area contributed by atoms with Gasteiger partial charge in [0.2, 0.25) is 5.91 Å². The first-order valence-corrected chi connectivity index (χ1v) is 9.88. The van der Waals surface area contributed by atoms with Crippen LogP contribution in [0.5, 0.6) is 0 Å². The Hall–Kier alpha value is -3.14. The van der Waals surface area contributed by atoms with Gasteiger partial charge in [0.05, 0.1) is 0 Å². The second kappa shape index (κ2) is 6.79. The van der Waals surface area contributed by atoms with Gasteiger partial charge in [-0.1, -0.05) is 36.4 Å².